The quantitative estimate of drug-likeness (QED) is 0.848. The third-order valence-electron chi connectivity index (χ3n) is 3.53. The topological polar surface area (TPSA) is 51.4 Å². The molecule has 0 radical (unpaired) electrons. The van der Waals surface area contributed by atoms with Crippen LogP contribution in [-0.2, 0) is 6.42 Å². The number of pyridine rings is 1. The number of nitrogens with zero attached hydrogens (tertiary/aromatic N) is 2. The molecule has 0 amide bonds. The zero-order chi connectivity index (χ0) is 15.1. The zero-order valence-electron chi connectivity index (χ0n) is 12.7. The summed E-state index contributed by atoms with van der Waals surface area (Å²) in [5.74, 6) is 0.856. The van der Waals surface area contributed by atoms with Gasteiger partial charge in [0, 0.05) is 37.4 Å². The number of hydrogen-bond acceptors (Lipinski definition) is 4. The van der Waals surface area contributed by atoms with Crippen LogP contribution >= 0.6 is 0 Å². The van der Waals surface area contributed by atoms with Crippen LogP contribution in [0.25, 0.3) is 0 Å². The van der Waals surface area contributed by atoms with E-state index in [2.05, 4.69) is 23.0 Å². The highest BCUT2D eigenvalue weighted by atomic mass is 16.5. The molecule has 0 aliphatic carbocycles. The number of rotatable bonds is 7. The van der Waals surface area contributed by atoms with Gasteiger partial charge in [0.05, 0.1) is 7.11 Å². The number of benzene rings is 1. The van der Waals surface area contributed by atoms with Crippen molar-refractivity contribution in [1.82, 2.24) is 9.88 Å². The van der Waals surface area contributed by atoms with Gasteiger partial charge in [0.1, 0.15) is 5.75 Å². The Bertz CT molecular complexity index is 527. The Morgan fingerprint density at radius 2 is 1.95 bits per heavy atom. The van der Waals surface area contributed by atoms with Gasteiger partial charge in [-0.2, -0.15) is 0 Å². The lowest BCUT2D eigenvalue weighted by atomic mass is 10.1. The van der Waals surface area contributed by atoms with Gasteiger partial charge in [0.25, 0.3) is 0 Å². The summed E-state index contributed by atoms with van der Waals surface area (Å²) < 4.78 is 5.16. The van der Waals surface area contributed by atoms with Crippen molar-refractivity contribution >= 4 is 0 Å². The van der Waals surface area contributed by atoms with Crippen LogP contribution in [0.2, 0.25) is 0 Å². The molecule has 1 aromatic heterocycles. The summed E-state index contributed by atoms with van der Waals surface area (Å²) in [5.41, 5.74) is 8.50. The van der Waals surface area contributed by atoms with E-state index in [1.807, 2.05) is 42.6 Å². The first-order chi connectivity index (χ1) is 10.2. The minimum atomic E-state index is 0.00430. The Morgan fingerprint density at radius 3 is 2.57 bits per heavy atom. The SMILES string of the molecule is COc1ccc(C(N)CN(C)CCc2ccccn2)cc1. The molecule has 0 saturated carbocycles. The smallest absolute Gasteiger partial charge is 0.118 e. The lowest BCUT2D eigenvalue weighted by Gasteiger charge is -2.21. The van der Waals surface area contributed by atoms with E-state index < -0.39 is 0 Å². The molecule has 0 spiro atoms. The van der Waals surface area contributed by atoms with Crippen LogP contribution in [0.1, 0.15) is 17.3 Å². The Labute approximate surface area is 126 Å². The van der Waals surface area contributed by atoms with E-state index in [4.69, 9.17) is 10.5 Å². The Hall–Kier alpha value is -1.91. The minimum Gasteiger partial charge on any atom is -0.497 e. The van der Waals surface area contributed by atoms with Gasteiger partial charge in [-0.05, 0) is 36.9 Å². The molecule has 2 rings (SSSR count). The van der Waals surface area contributed by atoms with Crippen molar-refractivity contribution in [3.8, 4) is 5.75 Å². The summed E-state index contributed by atoms with van der Waals surface area (Å²) in [4.78, 5) is 6.57. The van der Waals surface area contributed by atoms with E-state index in [0.29, 0.717) is 0 Å². The molecule has 1 atom stereocenters. The van der Waals surface area contributed by atoms with Gasteiger partial charge in [0.2, 0.25) is 0 Å². The number of methoxy groups -OCH3 is 1. The molecule has 1 unspecified atom stereocenters. The van der Waals surface area contributed by atoms with E-state index in [-0.39, 0.29) is 6.04 Å². The second-order valence-electron chi connectivity index (χ2n) is 5.21. The van der Waals surface area contributed by atoms with Gasteiger partial charge >= 0.3 is 0 Å². The van der Waals surface area contributed by atoms with E-state index in [1.54, 1.807) is 7.11 Å². The van der Waals surface area contributed by atoms with Crippen LogP contribution in [0.15, 0.2) is 48.7 Å². The molecular weight excluding hydrogens is 262 g/mol. The summed E-state index contributed by atoms with van der Waals surface area (Å²) in [6.07, 6.45) is 2.77. The highest BCUT2D eigenvalue weighted by molar-refractivity contribution is 5.29. The van der Waals surface area contributed by atoms with Gasteiger partial charge in [-0.1, -0.05) is 18.2 Å². The monoisotopic (exact) mass is 285 g/mol. The predicted molar refractivity (Wildman–Crippen MR) is 85.4 cm³/mol. The summed E-state index contributed by atoms with van der Waals surface area (Å²) in [6, 6.07) is 14.0. The molecule has 1 heterocycles. The van der Waals surface area contributed by atoms with Gasteiger partial charge in [0.15, 0.2) is 0 Å². The molecule has 4 heteroatoms. The van der Waals surface area contributed by atoms with E-state index in [0.717, 1.165) is 36.5 Å². The summed E-state index contributed by atoms with van der Waals surface area (Å²) in [7, 11) is 3.76. The number of nitrogens with two attached hydrogens (primary N) is 1. The molecule has 0 fully saturated rings. The van der Waals surface area contributed by atoms with E-state index in [9.17, 15) is 0 Å². The van der Waals surface area contributed by atoms with E-state index >= 15 is 0 Å². The number of likely N-dealkylation sites (N-methyl/N-ethyl adjacent to an activating group) is 1. The summed E-state index contributed by atoms with van der Waals surface area (Å²) in [6.45, 7) is 1.76. The Morgan fingerprint density at radius 1 is 1.19 bits per heavy atom. The van der Waals surface area contributed by atoms with Gasteiger partial charge in [-0.3, -0.25) is 4.98 Å². The average Bonchev–Trinajstić information content (AvgIpc) is 2.54. The molecule has 2 aromatic rings. The Kier molecular flexibility index (Phi) is 5.72. The van der Waals surface area contributed by atoms with Crippen molar-refractivity contribution < 1.29 is 4.74 Å². The van der Waals surface area contributed by atoms with Crippen LogP contribution < -0.4 is 10.5 Å². The molecule has 21 heavy (non-hydrogen) atoms. The van der Waals surface area contributed by atoms with Crippen molar-refractivity contribution in [2.24, 2.45) is 5.73 Å². The average molecular weight is 285 g/mol. The molecule has 1 aromatic carbocycles. The third-order valence-corrected chi connectivity index (χ3v) is 3.53. The van der Waals surface area contributed by atoms with Crippen molar-refractivity contribution in [1.29, 1.82) is 0 Å². The van der Waals surface area contributed by atoms with Crippen molar-refractivity contribution in [2.45, 2.75) is 12.5 Å². The zero-order valence-corrected chi connectivity index (χ0v) is 12.7. The Balaban J connectivity index is 1.82. The maximum absolute atomic E-state index is 6.26. The molecule has 4 nitrogen and oxygen atoms in total. The van der Waals surface area contributed by atoms with Crippen LogP contribution in [0.5, 0.6) is 5.75 Å². The van der Waals surface area contributed by atoms with Crippen LogP contribution in [0.3, 0.4) is 0 Å². The predicted octanol–water partition coefficient (Wildman–Crippen LogP) is 2.26. The van der Waals surface area contributed by atoms with Gasteiger partial charge < -0.3 is 15.4 Å². The minimum absolute atomic E-state index is 0.00430. The van der Waals surface area contributed by atoms with Crippen molar-refractivity contribution in [2.75, 3.05) is 27.2 Å². The largest absolute Gasteiger partial charge is 0.497 e. The van der Waals surface area contributed by atoms with Gasteiger partial charge in [-0.25, -0.2) is 0 Å². The standard InChI is InChI=1S/C17H23N3O/c1-20(12-10-15-5-3-4-11-19-15)13-17(18)14-6-8-16(21-2)9-7-14/h3-9,11,17H,10,12-13,18H2,1-2H3. The van der Waals surface area contributed by atoms with Crippen LogP contribution in [0, 0.1) is 0 Å². The fourth-order valence-corrected chi connectivity index (χ4v) is 2.23. The molecule has 0 aliphatic heterocycles. The van der Waals surface area contributed by atoms with Crippen LogP contribution in [-0.4, -0.2) is 37.1 Å². The number of aromatic nitrogens is 1. The second-order valence-corrected chi connectivity index (χ2v) is 5.21. The van der Waals surface area contributed by atoms with Gasteiger partial charge in [-0.15, -0.1) is 0 Å². The first-order valence-electron chi connectivity index (χ1n) is 7.17. The maximum atomic E-state index is 6.26. The molecule has 2 N–H and O–H groups in total. The van der Waals surface area contributed by atoms with Crippen LogP contribution in [0.4, 0.5) is 0 Å². The second kappa shape index (κ2) is 7.76. The first kappa shape index (κ1) is 15.5. The number of hydrogen-bond donors (Lipinski definition) is 1. The first-order valence-corrected chi connectivity index (χ1v) is 7.17. The van der Waals surface area contributed by atoms with Crippen molar-refractivity contribution in [3.05, 3.63) is 59.9 Å². The maximum Gasteiger partial charge on any atom is 0.118 e. The number of ether oxygens (including phenoxy) is 1. The summed E-state index contributed by atoms with van der Waals surface area (Å²) in [5, 5.41) is 0. The highest BCUT2D eigenvalue weighted by Crippen LogP contribution is 2.16. The molecule has 0 saturated heterocycles. The third kappa shape index (κ3) is 4.85. The molecule has 112 valence electrons. The fraction of sp³-hybridized carbons (Fsp3) is 0.353. The lowest BCUT2D eigenvalue weighted by molar-refractivity contribution is 0.315. The molecule has 0 aliphatic rings. The highest BCUT2D eigenvalue weighted by Gasteiger charge is 2.09. The lowest BCUT2D eigenvalue weighted by Crippen LogP contribution is -2.30. The molecule has 0 bridgehead atoms. The van der Waals surface area contributed by atoms with E-state index in [1.165, 1.54) is 0 Å². The van der Waals surface area contributed by atoms with Crippen molar-refractivity contribution in [3.63, 3.8) is 0 Å². The fourth-order valence-electron chi connectivity index (χ4n) is 2.23. The summed E-state index contributed by atoms with van der Waals surface area (Å²) >= 11 is 0. The normalized spacial score (nSPS) is 12.4. The molecular formula is C17H23N3O.